The monoisotopic (exact) mass is 182 g/mol. The Balaban J connectivity index is 2.58. The molecule has 0 saturated carbocycles. The average Bonchev–Trinajstić information content (AvgIpc) is 2.58. The van der Waals surface area contributed by atoms with Crippen LogP contribution in [0, 0.1) is 0 Å². The van der Waals surface area contributed by atoms with Gasteiger partial charge in [-0.15, -0.1) is 0 Å². The summed E-state index contributed by atoms with van der Waals surface area (Å²) in [4.78, 5) is 0. The van der Waals surface area contributed by atoms with Crippen molar-refractivity contribution in [3.63, 3.8) is 0 Å². The summed E-state index contributed by atoms with van der Waals surface area (Å²) in [6, 6.07) is 8.57. The molecule has 0 amide bonds. The molecule has 0 spiro atoms. The standard InChI is InChI=1S/C14H14/c1-3-7-13-11(4-2)10-12-8-5-6-9-14(12)13/h3-9H,1,10H2,2H3/b11-4-,13-7+. The molecule has 0 fully saturated rings. The molecule has 0 bridgehead atoms. The van der Waals surface area contributed by atoms with E-state index < -0.39 is 0 Å². The minimum atomic E-state index is 1.06. The van der Waals surface area contributed by atoms with E-state index in [-0.39, 0.29) is 0 Å². The highest BCUT2D eigenvalue weighted by atomic mass is 14.2. The minimum Gasteiger partial charge on any atom is -0.0990 e. The van der Waals surface area contributed by atoms with Crippen molar-refractivity contribution in [2.24, 2.45) is 0 Å². The third kappa shape index (κ3) is 1.33. The Morgan fingerprint density at radius 2 is 2.07 bits per heavy atom. The van der Waals surface area contributed by atoms with E-state index in [1.54, 1.807) is 0 Å². The van der Waals surface area contributed by atoms with Crippen LogP contribution in [-0.2, 0) is 6.42 Å². The van der Waals surface area contributed by atoms with Crippen LogP contribution in [0.3, 0.4) is 0 Å². The molecule has 0 N–H and O–H groups in total. The van der Waals surface area contributed by atoms with Crippen molar-refractivity contribution in [3.8, 4) is 0 Å². The quantitative estimate of drug-likeness (QED) is 0.620. The Kier molecular flexibility index (Phi) is 2.36. The third-order valence-electron chi connectivity index (χ3n) is 2.67. The predicted molar refractivity (Wildman–Crippen MR) is 62.1 cm³/mol. The number of hydrogen-bond donors (Lipinski definition) is 0. The lowest BCUT2D eigenvalue weighted by Gasteiger charge is -1.99. The second kappa shape index (κ2) is 3.67. The zero-order valence-electron chi connectivity index (χ0n) is 8.46. The summed E-state index contributed by atoms with van der Waals surface area (Å²) >= 11 is 0. The molecule has 70 valence electrons. The molecule has 1 aliphatic rings. The van der Waals surface area contributed by atoms with Crippen molar-refractivity contribution in [3.05, 3.63) is 65.8 Å². The third-order valence-corrected chi connectivity index (χ3v) is 2.67. The van der Waals surface area contributed by atoms with E-state index in [2.05, 4.69) is 49.9 Å². The van der Waals surface area contributed by atoms with E-state index >= 15 is 0 Å². The molecule has 0 nitrogen and oxygen atoms in total. The van der Waals surface area contributed by atoms with Crippen LogP contribution in [0.4, 0.5) is 0 Å². The van der Waals surface area contributed by atoms with E-state index in [9.17, 15) is 0 Å². The molecule has 0 saturated heterocycles. The molecular weight excluding hydrogens is 168 g/mol. The Bertz CT molecular complexity index is 419. The van der Waals surface area contributed by atoms with Gasteiger partial charge in [0.05, 0.1) is 0 Å². The van der Waals surface area contributed by atoms with E-state index in [4.69, 9.17) is 0 Å². The highest BCUT2D eigenvalue weighted by molar-refractivity contribution is 5.86. The molecule has 0 heterocycles. The fourth-order valence-electron chi connectivity index (χ4n) is 1.98. The van der Waals surface area contributed by atoms with Gasteiger partial charge in [-0.2, -0.15) is 0 Å². The van der Waals surface area contributed by atoms with Crippen LogP contribution in [0.2, 0.25) is 0 Å². The molecule has 0 radical (unpaired) electrons. The van der Waals surface area contributed by atoms with Gasteiger partial charge in [0, 0.05) is 0 Å². The fraction of sp³-hybridized carbons (Fsp3) is 0.143. The Hall–Kier alpha value is -1.56. The maximum Gasteiger partial charge on any atom is -0.00167 e. The zero-order valence-corrected chi connectivity index (χ0v) is 8.46. The molecule has 0 heteroatoms. The van der Waals surface area contributed by atoms with Gasteiger partial charge in [-0.1, -0.05) is 49.1 Å². The lowest BCUT2D eigenvalue weighted by Crippen LogP contribution is -1.78. The second-order valence-corrected chi connectivity index (χ2v) is 3.46. The molecule has 1 aliphatic carbocycles. The van der Waals surface area contributed by atoms with Gasteiger partial charge < -0.3 is 0 Å². The predicted octanol–water partition coefficient (Wildman–Crippen LogP) is 3.76. The van der Waals surface area contributed by atoms with E-state index in [0.29, 0.717) is 0 Å². The molecule has 0 aliphatic heterocycles. The normalized spacial score (nSPS) is 20.1. The second-order valence-electron chi connectivity index (χ2n) is 3.46. The van der Waals surface area contributed by atoms with Crippen LogP contribution in [-0.4, -0.2) is 0 Å². The van der Waals surface area contributed by atoms with E-state index in [1.165, 1.54) is 22.3 Å². The Labute approximate surface area is 85.3 Å². The molecule has 1 aromatic carbocycles. The van der Waals surface area contributed by atoms with Crippen LogP contribution in [0.5, 0.6) is 0 Å². The van der Waals surface area contributed by atoms with Gasteiger partial charge in [0.25, 0.3) is 0 Å². The Morgan fingerprint density at radius 1 is 1.29 bits per heavy atom. The van der Waals surface area contributed by atoms with Gasteiger partial charge in [0.1, 0.15) is 0 Å². The summed E-state index contributed by atoms with van der Waals surface area (Å²) in [7, 11) is 0. The number of hydrogen-bond acceptors (Lipinski definition) is 0. The van der Waals surface area contributed by atoms with Gasteiger partial charge in [-0.25, -0.2) is 0 Å². The molecule has 1 aromatic rings. The highest BCUT2D eigenvalue weighted by Gasteiger charge is 2.18. The van der Waals surface area contributed by atoms with E-state index in [1.807, 2.05) is 6.08 Å². The van der Waals surface area contributed by atoms with Crippen molar-refractivity contribution in [2.75, 3.05) is 0 Å². The number of rotatable bonds is 1. The summed E-state index contributed by atoms with van der Waals surface area (Å²) in [6.45, 7) is 5.86. The van der Waals surface area contributed by atoms with Crippen LogP contribution < -0.4 is 0 Å². The smallest absolute Gasteiger partial charge is 0.00167 e. The van der Waals surface area contributed by atoms with Crippen molar-refractivity contribution >= 4 is 5.57 Å². The molecule has 0 aromatic heterocycles. The Morgan fingerprint density at radius 3 is 2.79 bits per heavy atom. The van der Waals surface area contributed by atoms with E-state index in [0.717, 1.165) is 6.42 Å². The summed E-state index contributed by atoms with van der Waals surface area (Å²) in [5, 5.41) is 0. The van der Waals surface area contributed by atoms with Gasteiger partial charge in [0.2, 0.25) is 0 Å². The first-order chi connectivity index (χ1) is 6.86. The minimum absolute atomic E-state index is 1.06. The first-order valence-corrected chi connectivity index (χ1v) is 4.93. The average molecular weight is 182 g/mol. The van der Waals surface area contributed by atoms with Crippen LogP contribution in [0.25, 0.3) is 5.57 Å². The fourth-order valence-corrected chi connectivity index (χ4v) is 1.98. The zero-order chi connectivity index (χ0) is 9.97. The molecule has 2 rings (SSSR count). The van der Waals surface area contributed by atoms with Gasteiger partial charge in [-0.3, -0.25) is 0 Å². The largest absolute Gasteiger partial charge is 0.0990 e. The topological polar surface area (TPSA) is 0 Å². The maximum absolute atomic E-state index is 3.76. The maximum atomic E-state index is 3.76. The van der Waals surface area contributed by atoms with Crippen molar-refractivity contribution in [1.82, 2.24) is 0 Å². The van der Waals surface area contributed by atoms with Crippen molar-refractivity contribution in [2.45, 2.75) is 13.3 Å². The summed E-state index contributed by atoms with van der Waals surface area (Å²) < 4.78 is 0. The summed E-state index contributed by atoms with van der Waals surface area (Å²) in [5.74, 6) is 0. The highest BCUT2D eigenvalue weighted by Crippen LogP contribution is 2.36. The number of benzene rings is 1. The first kappa shape index (κ1) is 9.01. The molecule has 0 atom stereocenters. The molecule has 0 unspecified atom stereocenters. The SMILES string of the molecule is C=C/C=C1\C(=C/C)Cc2ccccc21. The van der Waals surface area contributed by atoms with Gasteiger partial charge in [0.15, 0.2) is 0 Å². The number of allylic oxidation sites excluding steroid dienone is 5. The van der Waals surface area contributed by atoms with Crippen molar-refractivity contribution in [1.29, 1.82) is 0 Å². The lowest BCUT2D eigenvalue weighted by atomic mass is 10.1. The summed E-state index contributed by atoms with van der Waals surface area (Å²) in [5.41, 5.74) is 5.53. The van der Waals surface area contributed by atoms with Crippen LogP contribution >= 0.6 is 0 Å². The first-order valence-electron chi connectivity index (χ1n) is 4.93. The lowest BCUT2D eigenvalue weighted by molar-refractivity contribution is 1.26. The van der Waals surface area contributed by atoms with Crippen LogP contribution in [0.15, 0.2) is 54.6 Å². The summed E-state index contributed by atoms with van der Waals surface area (Å²) in [6.07, 6.45) is 7.21. The van der Waals surface area contributed by atoms with Crippen molar-refractivity contribution < 1.29 is 0 Å². The van der Waals surface area contributed by atoms with Gasteiger partial charge >= 0.3 is 0 Å². The molecular formula is C14H14. The molecule has 14 heavy (non-hydrogen) atoms. The number of fused-ring (bicyclic) bond motifs is 1. The van der Waals surface area contributed by atoms with Crippen LogP contribution in [0.1, 0.15) is 18.1 Å². The van der Waals surface area contributed by atoms with Gasteiger partial charge in [-0.05, 0) is 35.6 Å².